The quantitative estimate of drug-likeness (QED) is 0.720. The summed E-state index contributed by atoms with van der Waals surface area (Å²) in [6.07, 6.45) is 1.93. The molecule has 4 nitrogen and oxygen atoms in total. The monoisotopic (exact) mass is 218 g/mol. The van der Waals surface area contributed by atoms with Gasteiger partial charge in [-0.05, 0) is 13.2 Å². The van der Waals surface area contributed by atoms with Crippen molar-refractivity contribution in [1.29, 1.82) is 0 Å². The number of ether oxygens (including phenoxy) is 1. The summed E-state index contributed by atoms with van der Waals surface area (Å²) in [6.45, 7) is 3.85. The number of nitrogens with two attached hydrogens (primary N) is 1. The Labute approximate surface area is 89.2 Å². The lowest BCUT2D eigenvalue weighted by Gasteiger charge is -2.34. The number of amides is 1. The molecule has 0 aromatic carbocycles. The molecule has 1 rings (SSSR count). The normalized spacial score (nSPS) is 24.8. The van der Waals surface area contributed by atoms with Crippen LogP contribution < -0.4 is 5.73 Å². The SMILES string of the molecule is CSCC(=O)N1CCOC(C(C)N)C1. The first-order valence-electron chi connectivity index (χ1n) is 4.79. The van der Waals surface area contributed by atoms with Gasteiger partial charge in [0.05, 0.1) is 18.5 Å². The second-order valence-corrected chi connectivity index (χ2v) is 4.41. The number of carbonyl (C=O) groups is 1. The maximum Gasteiger partial charge on any atom is 0.232 e. The Kier molecular flexibility index (Phi) is 4.71. The van der Waals surface area contributed by atoms with E-state index in [1.165, 1.54) is 0 Å². The summed E-state index contributed by atoms with van der Waals surface area (Å²) >= 11 is 1.55. The number of nitrogens with zero attached hydrogens (tertiary/aromatic N) is 1. The standard InChI is InChI=1S/C9H18N2O2S/c1-7(10)8-5-11(3-4-13-8)9(12)6-14-2/h7-8H,3-6,10H2,1-2H3. The number of hydrogen-bond donors (Lipinski definition) is 1. The first-order chi connectivity index (χ1) is 6.65. The molecular formula is C9H18N2O2S. The molecular weight excluding hydrogens is 200 g/mol. The van der Waals surface area contributed by atoms with Gasteiger partial charge in [0, 0.05) is 19.1 Å². The molecule has 1 amide bonds. The van der Waals surface area contributed by atoms with Crippen LogP contribution in [0, 0.1) is 0 Å². The molecule has 1 aliphatic rings. The number of morpholine rings is 1. The summed E-state index contributed by atoms with van der Waals surface area (Å²) in [5, 5.41) is 0. The van der Waals surface area contributed by atoms with Gasteiger partial charge >= 0.3 is 0 Å². The molecule has 2 N–H and O–H groups in total. The van der Waals surface area contributed by atoms with Gasteiger partial charge in [-0.25, -0.2) is 0 Å². The van der Waals surface area contributed by atoms with Gasteiger partial charge in [0.1, 0.15) is 0 Å². The minimum Gasteiger partial charge on any atom is -0.373 e. The predicted molar refractivity (Wildman–Crippen MR) is 58.4 cm³/mol. The van der Waals surface area contributed by atoms with E-state index in [2.05, 4.69) is 0 Å². The number of carbonyl (C=O) groups excluding carboxylic acids is 1. The van der Waals surface area contributed by atoms with E-state index in [0.29, 0.717) is 25.4 Å². The van der Waals surface area contributed by atoms with Crippen molar-refractivity contribution in [3.8, 4) is 0 Å². The molecule has 1 heterocycles. The van der Waals surface area contributed by atoms with Crippen molar-refractivity contribution in [3.63, 3.8) is 0 Å². The first-order valence-corrected chi connectivity index (χ1v) is 6.18. The molecule has 0 aromatic heterocycles. The minimum absolute atomic E-state index is 0.00504. The van der Waals surface area contributed by atoms with E-state index in [1.54, 1.807) is 11.8 Å². The topological polar surface area (TPSA) is 55.6 Å². The average Bonchev–Trinajstić information content (AvgIpc) is 2.18. The highest BCUT2D eigenvalue weighted by Gasteiger charge is 2.25. The summed E-state index contributed by atoms with van der Waals surface area (Å²) in [6, 6.07) is -0.0140. The van der Waals surface area contributed by atoms with Crippen LogP contribution in [0.4, 0.5) is 0 Å². The van der Waals surface area contributed by atoms with Crippen LogP contribution in [0.2, 0.25) is 0 Å². The van der Waals surface area contributed by atoms with Gasteiger partial charge in [-0.15, -0.1) is 0 Å². The molecule has 0 radical (unpaired) electrons. The fraction of sp³-hybridized carbons (Fsp3) is 0.889. The molecule has 2 unspecified atom stereocenters. The van der Waals surface area contributed by atoms with Crippen LogP contribution in [0.5, 0.6) is 0 Å². The molecule has 82 valence electrons. The highest BCUT2D eigenvalue weighted by atomic mass is 32.2. The molecule has 0 saturated carbocycles. The van der Waals surface area contributed by atoms with Crippen LogP contribution in [0.3, 0.4) is 0 Å². The third kappa shape index (κ3) is 3.15. The summed E-state index contributed by atoms with van der Waals surface area (Å²) in [7, 11) is 0. The summed E-state index contributed by atoms with van der Waals surface area (Å²) in [4.78, 5) is 13.4. The van der Waals surface area contributed by atoms with E-state index in [-0.39, 0.29) is 18.1 Å². The van der Waals surface area contributed by atoms with Gasteiger partial charge < -0.3 is 15.4 Å². The Balaban J connectivity index is 2.43. The van der Waals surface area contributed by atoms with Crippen molar-refractivity contribution in [2.45, 2.75) is 19.1 Å². The molecule has 2 atom stereocenters. The Morgan fingerprint density at radius 3 is 3.07 bits per heavy atom. The van der Waals surface area contributed by atoms with Crippen LogP contribution in [0.1, 0.15) is 6.92 Å². The average molecular weight is 218 g/mol. The Bertz CT molecular complexity index is 199. The Morgan fingerprint density at radius 2 is 2.50 bits per heavy atom. The van der Waals surface area contributed by atoms with Crippen LogP contribution in [0.25, 0.3) is 0 Å². The van der Waals surface area contributed by atoms with Crippen molar-refractivity contribution in [2.24, 2.45) is 5.73 Å². The molecule has 14 heavy (non-hydrogen) atoms. The van der Waals surface area contributed by atoms with E-state index < -0.39 is 0 Å². The maximum absolute atomic E-state index is 11.6. The highest BCUT2D eigenvalue weighted by Crippen LogP contribution is 2.09. The number of hydrogen-bond acceptors (Lipinski definition) is 4. The van der Waals surface area contributed by atoms with Gasteiger partial charge in [-0.3, -0.25) is 4.79 Å². The van der Waals surface area contributed by atoms with Gasteiger partial charge in [0.2, 0.25) is 5.91 Å². The van der Waals surface area contributed by atoms with Crippen LogP contribution >= 0.6 is 11.8 Å². The number of thioether (sulfide) groups is 1. The van der Waals surface area contributed by atoms with Crippen LogP contribution in [-0.4, -0.2) is 54.7 Å². The first kappa shape index (κ1) is 11.8. The van der Waals surface area contributed by atoms with Crippen molar-refractivity contribution in [1.82, 2.24) is 4.90 Å². The lowest BCUT2D eigenvalue weighted by atomic mass is 10.1. The third-order valence-electron chi connectivity index (χ3n) is 2.30. The maximum atomic E-state index is 11.6. The Hall–Kier alpha value is -0.260. The summed E-state index contributed by atoms with van der Waals surface area (Å²) in [5.74, 6) is 0.734. The van der Waals surface area contributed by atoms with E-state index in [0.717, 1.165) is 0 Å². The van der Waals surface area contributed by atoms with E-state index >= 15 is 0 Å². The van der Waals surface area contributed by atoms with Gasteiger partial charge in [-0.1, -0.05) is 0 Å². The van der Waals surface area contributed by atoms with Crippen molar-refractivity contribution >= 4 is 17.7 Å². The smallest absolute Gasteiger partial charge is 0.232 e. The summed E-state index contributed by atoms with van der Waals surface area (Å²) < 4.78 is 5.47. The fourth-order valence-corrected chi connectivity index (χ4v) is 1.86. The number of rotatable bonds is 3. The van der Waals surface area contributed by atoms with Gasteiger partial charge in [0.15, 0.2) is 0 Å². The minimum atomic E-state index is -0.0140. The van der Waals surface area contributed by atoms with E-state index in [9.17, 15) is 4.79 Å². The zero-order chi connectivity index (χ0) is 10.6. The molecule has 1 aliphatic heterocycles. The Morgan fingerprint density at radius 1 is 1.79 bits per heavy atom. The molecule has 5 heteroatoms. The van der Waals surface area contributed by atoms with Crippen LogP contribution in [-0.2, 0) is 9.53 Å². The second kappa shape index (κ2) is 5.58. The molecule has 0 spiro atoms. The zero-order valence-electron chi connectivity index (χ0n) is 8.73. The third-order valence-corrected chi connectivity index (χ3v) is 2.84. The lowest BCUT2D eigenvalue weighted by Crippen LogP contribution is -2.51. The lowest BCUT2D eigenvalue weighted by molar-refractivity contribution is -0.136. The predicted octanol–water partition coefficient (Wildman–Crippen LogP) is -0.0760. The molecule has 0 bridgehead atoms. The highest BCUT2D eigenvalue weighted by molar-refractivity contribution is 7.99. The molecule has 0 aliphatic carbocycles. The van der Waals surface area contributed by atoms with Gasteiger partial charge in [-0.2, -0.15) is 11.8 Å². The van der Waals surface area contributed by atoms with Crippen molar-refractivity contribution in [2.75, 3.05) is 31.7 Å². The van der Waals surface area contributed by atoms with E-state index in [1.807, 2.05) is 18.1 Å². The van der Waals surface area contributed by atoms with E-state index in [4.69, 9.17) is 10.5 Å². The zero-order valence-corrected chi connectivity index (χ0v) is 9.55. The second-order valence-electron chi connectivity index (χ2n) is 3.54. The summed E-state index contributed by atoms with van der Waals surface area (Å²) in [5.41, 5.74) is 5.74. The van der Waals surface area contributed by atoms with Crippen LogP contribution in [0.15, 0.2) is 0 Å². The molecule has 0 aromatic rings. The molecule has 1 fully saturated rings. The van der Waals surface area contributed by atoms with Crippen molar-refractivity contribution < 1.29 is 9.53 Å². The fourth-order valence-electron chi connectivity index (χ4n) is 1.43. The van der Waals surface area contributed by atoms with Crippen molar-refractivity contribution in [3.05, 3.63) is 0 Å². The largest absolute Gasteiger partial charge is 0.373 e. The van der Waals surface area contributed by atoms with Gasteiger partial charge in [0.25, 0.3) is 0 Å². The molecule has 1 saturated heterocycles.